The molecule has 1 aliphatic rings. The second kappa shape index (κ2) is 5.74. The molecule has 2 rings (SSSR count). The highest BCUT2D eigenvalue weighted by molar-refractivity contribution is 6.30. The third-order valence-corrected chi connectivity index (χ3v) is 3.84. The lowest BCUT2D eigenvalue weighted by Crippen LogP contribution is -2.28. The molecule has 0 saturated carbocycles. The van der Waals surface area contributed by atoms with Crippen LogP contribution in [0.2, 0.25) is 5.02 Å². The minimum atomic E-state index is 0.774. The van der Waals surface area contributed by atoms with Crippen molar-refractivity contribution < 1.29 is 4.74 Å². The first-order chi connectivity index (χ1) is 8.20. The lowest BCUT2D eigenvalue weighted by Gasteiger charge is -2.23. The van der Waals surface area contributed by atoms with Crippen molar-refractivity contribution in [3.8, 4) is 5.75 Å². The summed E-state index contributed by atoms with van der Waals surface area (Å²) in [6.07, 6.45) is 3.63. The van der Waals surface area contributed by atoms with Gasteiger partial charge in [-0.15, -0.1) is 0 Å². The molecule has 0 atom stereocenters. The SMILES string of the molecule is COc1cc(Cl)cc(CC2CCNCC2)c1C. The van der Waals surface area contributed by atoms with E-state index < -0.39 is 0 Å². The Balaban J connectivity index is 2.16. The first-order valence-electron chi connectivity index (χ1n) is 6.24. The van der Waals surface area contributed by atoms with Crippen LogP contribution in [-0.2, 0) is 6.42 Å². The molecule has 1 heterocycles. The van der Waals surface area contributed by atoms with Crippen molar-refractivity contribution in [1.82, 2.24) is 5.32 Å². The van der Waals surface area contributed by atoms with Crippen molar-refractivity contribution in [2.45, 2.75) is 26.2 Å². The molecule has 2 nitrogen and oxygen atoms in total. The van der Waals surface area contributed by atoms with Gasteiger partial charge in [-0.05, 0) is 68.5 Å². The molecule has 1 aromatic rings. The van der Waals surface area contributed by atoms with Crippen LogP contribution in [0, 0.1) is 12.8 Å². The molecule has 3 heteroatoms. The average Bonchev–Trinajstić information content (AvgIpc) is 2.34. The van der Waals surface area contributed by atoms with Gasteiger partial charge in [0.25, 0.3) is 0 Å². The zero-order valence-corrected chi connectivity index (χ0v) is 11.3. The fraction of sp³-hybridized carbons (Fsp3) is 0.571. The summed E-state index contributed by atoms with van der Waals surface area (Å²) < 4.78 is 5.36. The Morgan fingerprint density at radius 1 is 1.35 bits per heavy atom. The van der Waals surface area contributed by atoms with Crippen molar-refractivity contribution in [3.05, 3.63) is 28.3 Å². The third kappa shape index (κ3) is 3.14. The summed E-state index contributed by atoms with van der Waals surface area (Å²) in [5.41, 5.74) is 2.57. The molecule has 0 aromatic heterocycles. The minimum Gasteiger partial charge on any atom is -0.496 e. The Morgan fingerprint density at radius 2 is 2.06 bits per heavy atom. The Hall–Kier alpha value is -0.730. The van der Waals surface area contributed by atoms with Gasteiger partial charge >= 0.3 is 0 Å². The summed E-state index contributed by atoms with van der Waals surface area (Å²) in [5, 5.41) is 4.17. The molecule has 1 N–H and O–H groups in total. The van der Waals surface area contributed by atoms with Gasteiger partial charge in [0.1, 0.15) is 5.75 Å². The van der Waals surface area contributed by atoms with Gasteiger partial charge in [0.2, 0.25) is 0 Å². The predicted octanol–water partition coefficient (Wildman–Crippen LogP) is 3.20. The number of rotatable bonds is 3. The predicted molar refractivity (Wildman–Crippen MR) is 72.0 cm³/mol. The van der Waals surface area contributed by atoms with E-state index in [9.17, 15) is 0 Å². The van der Waals surface area contributed by atoms with E-state index in [0.717, 1.165) is 36.2 Å². The Bertz CT molecular complexity index is 386. The van der Waals surface area contributed by atoms with E-state index in [1.165, 1.54) is 24.0 Å². The van der Waals surface area contributed by atoms with Crippen LogP contribution in [-0.4, -0.2) is 20.2 Å². The first kappa shape index (κ1) is 12.7. The van der Waals surface area contributed by atoms with Crippen LogP contribution in [0.3, 0.4) is 0 Å². The van der Waals surface area contributed by atoms with Crippen molar-refractivity contribution in [3.63, 3.8) is 0 Å². The van der Waals surface area contributed by atoms with E-state index in [1.54, 1.807) is 7.11 Å². The highest BCUT2D eigenvalue weighted by Crippen LogP contribution is 2.29. The number of benzene rings is 1. The molecular formula is C14H20ClNO. The summed E-state index contributed by atoms with van der Waals surface area (Å²) in [6, 6.07) is 3.98. The zero-order chi connectivity index (χ0) is 12.3. The van der Waals surface area contributed by atoms with E-state index in [1.807, 2.05) is 6.07 Å². The van der Waals surface area contributed by atoms with Gasteiger partial charge < -0.3 is 10.1 Å². The number of methoxy groups -OCH3 is 1. The van der Waals surface area contributed by atoms with Gasteiger partial charge in [-0.25, -0.2) is 0 Å². The van der Waals surface area contributed by atoms with Crippen molar-refractivity contribution in [2.24, 2.45) is 5.92 Å². The van der Waals surface area contributed by atoms with Gasteiger partial charge in [0, 0.05) is 5.02 Å². The highest BCUT2D eigenvalue weighted by Gasteiger charge is 2.16. The number of ether oxygens (including phenoxy) is 1. The zero-order valence-electron chi connectivity index (χ0n) is 10.6. The third-order valence-electron chi connectivity index (χ3n) is 3.62. The fourth-order valence-electron chi connectivity index (χ4n) is 2.53. The van der Waals surface area contributed by atoms with E-state index in [-0.39, 0.29) is 0 Å². The molecule has 94 valence electrons. The van der Waals surface area contributed by atoms with Gasteiger partial charge in [-0.3, -0.25) is 0 Å². The largest absolute Gasteiger partial charge is 0.496 e. The van der Waals surface area contributed by atoms with E-state index >= 15 is 0 Å². The van der Waals surface area contributed by atoms with Crippen LogP contribution in [0.25, 0.3) is 0 Å². The second-order valence-corrected chi connectivity index (χ2v) is 5.23. The van der Waals surface area contributed by atoms with E-state index in [4.69, 9.17) is 16.3 Å². The van der Waals surface area contributed by atoms with Crippen LogP contribution >= 0.6 is 11.6 Å². The number of nitrogens with one attached hydrogen (secondary N) is 1. The monoisotopic (exact) mass is 253 g/mol. The molecular weight excluding hydrogens is 234 g/mol. The van der Waals surface area contributed by atoms with Gasteiger partial charge in [-0.1, -0.05) is 11.6 Å². The van der Waals surface area contributed by atoms with Crippen molar-refractivity contribution >= 4 is 11.6 Å². The maximum Gasteiger partial charge on any atom is 0.123 e. The number of piperidine rings is 1. The standard InChI is InChI=1S/C14H20ClNO/c1-10-12(7-11-3-5-16-6-4-11)8-13(15)9-14(10)17-2/h8-9,11,16H,3-7H2,1-2H3. The maximum absolute atomic E-state index is 6.13. The number of halogens is 1. The Kier molecular flexibility index (Phi) is 4.30. The normalized spacial score (nSPS) is 17.1. The number of hydrogen-bond acceptors (Lipinski definition) is 2. The van der Waals surface area contributed by atoms with Gasteiger partial charge in [-0.2, -0.15) is 0 Å². The maximum atomic E-state index is 6.13. The Morgan fingerprint density at radius 3 is 2.71 bits per heavy atom. The molecule has 0 aliphatic carbocycles. The summed E-state index contributed by atoms with van der Waals surface area (Å²) in [5.74, 6) is 1.68. The molecule has 0 spiro atoms. The van der Waals surface area contributed by atoms with E-state index in [2.05, 4.69) is 18.3 Å². The minimum absolute atomic E-state index is 0.774. The fourth-order valence-corrected chi connectivity index (χ4v) is 2.76. The van der Waals surface area contributed by atoms with Crippen molar-refractivity contribution in [2.75, 3.05) is 20.2 Å². The van der Waals surface area contributed by atoms with Crippen LogP contribution in [0.5, 0.6) is 5.75 Å². The smallest absolute Gasteiger partial charge is 0.123 e. The molecule has 17 heavy (non-hydrogen) atoms. The van der Waals surface area contributed by atoms with Crippen LogP contribution < -0.4 is 10.1 Å². The van der Waals surface area contributed by atoms with Gasteiger partial charge in [0.05, 0.1) is 7.11 Å². The summed E-state index contributed by atoms with van der Waals surface area (Å²) in [4.78, 5) is 0. The van der Waals surface area contributed by atoms with Crippen LogP contribution in [0.4, 0.5) is 0 Å². The van der Waals surface area contributed by atoms with Gasteiger partial charge in [0.15, 0.2) is 0 Å². The highest BCUT2D eigenvalue weighted by atomic mass is 35.5. The average molecular weight is 254 g/mol. The lowest BCUT2D eigenvalue weighted by atomic mass is 9.89. The molecule has 1 fully saturated rings. The quantitative estimate of drug-likeness (QED) is 0.893. The molecule has 1 aliphatic heterocycles. The summed E-state index contributed by atoms with van der Waals surface area (Å²) >= 11 is 6.13. The Labute approximate surface area is 108 Å². The summed E-state index contributed by atoms with van der Waals surface area (Å²) in [6.45, 7) is 4.40. The molecule has 0 bridgehead atoms. The molecule has 0 unspecified atom stereocenters. The summed E-state index contributed by atoms with van der Waals surface area (Å²) in [7, 11) is 1.70. The molecule has 1 saturated heterocycles. The van der Waals surface area contributed by atoms with Crippen molar-refractivity contribution in [1.29, 1.82) is 0 Å². The second-order valence-electron chi connectivity index (χ2n) is 4.79. The molecule has 1 aromatic carbocycles. The molecule has 0 radical (unpaired) electrons. The number of hydrogen-bond donors (Lipinski definition) is 1. The topological polar surface area (TPSA) is 21.3 Å². The first-order valence-corrected chi connectivity index (χ1v) is 6.62. The van der Waals surface area contributed by atoms with Crippen LogP contribution in [0.1, 0.15) is 24.0 Å². The van der Waals surface area contributed by atoms with Crippen LogP contribution in [0.15, 0.2) is 12.1 Å². The van der Waals surface area contributed by atoms with E-state index in [0.29, 0.717) is 0 Å². The lowest BCUT2D eigenvalue weighted by molar-refractivity contribution is 0.370. The molecule has 0 amide bonds.